The first-order valence-electron chi connectivity index (χ1n) is 10.7. The highest BCUT2D eigenvalue weighted by molar-refractivity contribution is 6.09. The number of ether oxygens (including phenoxy) is 1. The number of rotatable bonds is 1. The number of hydrogen-bond acceptors (Lipinski definition) is 6. The van der Waals surface area contributed by atoms with E-state index in [1.807, 2.05) is 0 Å². The molecule has 34 heavy (non-hydrogen) atoms. The van der Waals surface area contributed by atoms with E-state index in [-0.39, 0.29) is 11.6 Å². The second-order valence-corrected chi connectivity index (χ2v) is 8.58. The van der Waals surface area contributed by atoms with E-state index < -0.39 is 23.9 Å². The van der Waals surface area contributed by atoms with Crippen LogP contribution < -0.4 is 5.73 Å². The summed E-state index contributed by atoms with van der Waals surface area (Å²) in [6.07, 6.45) is -1.39. The molecule has 0 radical (unpaired) electrons. The van der Waals surface area contributed by atoms with Crippen molar-refractivity contribution in [2.24, 2.45) is 7.05 Å². The highest BCUT2D eigenvalue weighted by Gasteiger charge is 2.44. The lowest BCUT2D eigenvalue weighted by Gasteiger charge is -2.38. The van der Waals surface area contributed by atoms with Crippen molar-refractivity contribution in [1.29, 1.82) is 0 Å². The fraction of sp³-hybridized carbons (Fsp3) is 0.304. The first kappa shape index (κ1) is 20.8. The Bertz CT molecular complexity index is 1480. The van der Waals surface area contributed by atoms with Gasteiger partial charge in [-0.15, -0.1) is 0 Å². The Labute approximate surface area is 191 Å². The molecule has 2 atom stereocenters. The number of halogens is 3. The Hall–Kier alpha value is -3.73. The van der Waals surface area contributed by atoms with Gasteiger partial charge in [-0.3, -0.25) is 9.48 Å². The topological polar surface area (TPSA) is 99.2 Å². The number of carbonyl (C=O) groups excluding carboxylic acids is 1. The van der Waals surface area contributed by atoms with E-state index >= 15 is 0 Å². The van der Waals surface area contributed by atoms with Gasteiger partial charge in [0.1, 0.15) is 11.5 Å². The van der Waals surface area contributed by atoms with Gasteiger partial charge in [0.15, 0.2) is 0 Å². The lowest BCUT2D eigenvalue weighted by Crippen LogP contribution is -2.46. The van der Waals surface area contributed by atoms with E-state index in [1.54, 1.807) is 28.9 Å². The molecule has 11 heteroatoms. The number of anilines is 1. The lowest BCUT2D eigenvalue weighted by molar-refractivity contribution is -0.137. The largest absolute Gasteiger partial charge is 0.416 e. The molecule has 2 aliphatic rings. The first-order valence-corrected chi connectivity index (χ1v) is 10.7. The molecule has 1 aliphatic heterocycles. The normalized spacial score (nSPS) is 20.1. The average molecular weight is 468 g/mol. The quantitative estimate of drug-likeness (QED) is 0.461. The van der Waals surface area contributed by atoms with Gasteiger partial charge in [0.25, 0.3) is 5.91 Å². The molecule has 1 aromatic carbocycles. The molecule has 6 rings (SSSR count). The summed E-state index contributed by atoms with van der Waals surface area (Å²) in [5, 5.41) is 5.61. The maximum Gasteiger partial charge on any atom is 0.416 e. The van der Waals surface area contributed by atoms with Crippen LogP contribution in [0.5, 0.6) is 0 Å². The molecule has 0 saturated carbocycles. The maximum absolute atomic E-state index is 13.6. The zero-order valence-corrected chi connectivity index (χ0v) is 18.0. The predicted octanol–water partition coefficient (Wildman–Crippen LogP) is 3.26. The van der Waals surface area contributed by atoms with Crippen LogP contribution in [0.25, 0.3) is 21.8 Å². The van der Waals surface area contributed by atoms with Crippen LogP contribution in [0.1, 0.15) is 33.2 Å². The number of aromatic nitrogens is 4. The Morgan fingerprint density at radius 3 is 2.82 bits per heavy atom. The minimum absolute atomic E-state index is 0.211. The van der Waals surface area contributed by atoms with Gasteiger partial charge < -0.3 is 15.4 Å². The third-order valence-electron chi connectivity index (χ3n) is 6.64. The van der Waals surface area contributed by atoms with Crippen LogP contribution in [0.3, 0.4) is 0 Å². The number of morpholine rings is 1. The summed E-state index contributed by atoms with van der Waals surface area (Å²) in [7, 11) is 1.78. The second-order valence-electron chi connectivity index (χ2n) is 8.58. The molecule has 4 heterocycles. The molecule has 1 saturated heterocycles. The highest BCUT2D eigenvalue weighted by Crippen LogP contribution is 2.42. The number of nitrogens with two attached hydrogens (primary N) is 1. The maximum atomic E-state index is 13.6. The molecule has 4 aromatic rings. The molecule has 1 fully saturated rings. The van der Waals surface area contributed by atoms with Gasteiger partial charge in [-0.2, -0.15) is 18.3 Å². The minimum atomic E-state index is -4.43. The van der Waals surface area contributed by atoms with Gasteiger partial charge >= 0.3 is 6.18 Å². The van der Waals surface area contributed by atoms with Crippen LogP contribution >= 0.6 is 0 Å². The van der Waals surface area contributed by atoms with Crippen LogP contribution in [0.2, 0.25) is 0 Å². The molecule has 0 spiro atoms. The van der Waals surface area contributed by atoms with E-state index in [9.17, 15) is 18.0 Å². The smallest absolute Gasteiger partial charge is 0.383 e. The van der Waals surface area contributed by atoms with Gasteiger partial charge in [-0.1, -0.05) is 6.07 Å². The third-order valence-corrected chi connectivity index (χ3v) is 6.64. The molecule has 0 unspecified atom stereocenters. The highest BCUT2D eigenvalue weighted by atomic mass is 19.4. The number of benzene rings is 1. The van der Waals surface area contributed by atoms with Crippen LogP contribution in [-0.2, 0) is 24.4 Å². The summed E-state index contributed by atoms with van der Waals surface area (Å²) in [5.74, 6) is 0.00776. The number of alkyl halides is 3. The SMILES string of the molecule is Cn1ncc2c(N)nc3cnc(C(=O)N4CCO[C@@H]5Cc6cc(C(F)(F)F)ccc6[C@@H]54)cc3c21. The molecule has 1 amide bonds. The van der Waals surface area contributed by atoms with Crippen molar-refractivity contribution in [3.05, 3.63) is 59.0 Å². The van der Waals surface area contributed by atoms with Crippen LogP contribution in [0.4, 0.5) is 19.0 Å². The van der Waals surface area contributed by atoms with E-state index in [4.69, 9.17) is 10.5 Å². The number of nitrogens with zero attached hydrogens (tertiary/aromatic N) is 5. The average Bonchev–Trinajstić information content (AvgIpc) is 3.38. The van der Waals surface area contributed by atoms with Gasteiger partial charge in [-0.05, 0) is 29.3 Å². The van der Waals surface area contributed by atoms with E-state index in [0.717, 1.165) is 17.6 Å². The van der Waals surface area contributed by atoms with E-state index in [1.165, 1.54) is 12.3 Å². The fourth-order valence-electron chi connectivity index (χ4n) is 5.09. The van der Waals surface area contributed by atoms with Crippen molar-refractivity contribution >= 4 is 33.5 Å². The van der Waals surface area contributed by atoms with Gasteiger partial charge in [0, 0.05) is 25.4 Å². The molecule has 3 aromatic heterocycles. The summed E-state index contributed by atoms with van der Waals surface area (Å²) in [6.45, 7) is 0.603. The van der Waals surface area contributed by atoms with E-state index in [0.29, 0.717) is 52.8 Å². The van der Waals surface area contributed by atoms with Gasteiger partial charge in [-0.25, -0.2) is 9.97 Å². The van der Waals surface area contributed by atoms with Crippen molar-refractivity contribution in [1.82, 2.24) is 24.6 Å². The van der Waals surface area contributed by atoms with Crippen molar-refractivity contribution in [3.8, 4) is 0 Å². The first-order chi connectivity index (χ1) is 16.2. The number of nitrogen functional groups attached to an aromatic ring is 1. The Balaban J connectivity index is 1.41. The third kappa shape index (κ3) is 3.03. The van der Waals surface area contributed by atoms with E-state index in [2.05, 4.69) is 15.1 Å². The number of carbonyl (C=O) groups is 1. The van der Waals surface area contributed by atoms with Crippen molar-refractivity contribution in [3.63, 3.8) is 0 Å². The summed E-state index contributed by atoms with van der Waals surface area (Å²) in [6, 6.07) is 4.86. The standard InChI is InChI=1S/C23H19F3N6O2/c1-31-19-14-8-16(28-10-17(14)30-21(27)15(19)9-29-31)22(33)32-4-5-34-18-7-11-6-12(23(24,25)26)2-3-13(11)20(18)32/h2-3,6,8-10,18,20H,4-5,7H2,1H3,(H2,27,30)/t18-,20+/m1/s1. The predicted molar refractivity (Wildman–Crippen MR) is 117 cm³/mol. The van der Waals surface area contributed by atoms with Crippen LogP contribution in [0.15, 0.2) is 36.7 Å². The van der Waals surface area contributed by atoms with Crippen LogP contribution in [-0.4, -0.2) is 49.8 Å². The van der Waals surface area contributed by atoms with Gasteiger partial charge in [0.05, 0.1) is 53.1 Å². The molecule has 8 nitrogen and oxygen atoms in total. The van der Waals surface area contributed by atoms with Gasteiger partial charge in [0.2, 0.25) is 0 Å². The molecule has 1 aliphatic carbocycles. The summed E-state index contributed by atoms with van der Waals surface area (Å²) in [4.78, 5) is 24.0. The summed E-state index contributed by atoms with van der Waals surface area (Å²) < 4.78 is 47.1. The molecule has 2 N–H and O–H groups in total. The monoisotopic (exact) mass is 468 g/mol. The molecule has 174 valence electrons. The number of amides is 1. The minimum Gasteiger partial charge on any atom is -0.383 e. The molecule has 0 bridgehead atoms. The summed E-state index contributed by atoms with van der Waals surface area (Å²) >= 11 is 0. The Morgan fingerprint density at radius 2 is 2.03 bits per heavy atom. The number of hydrogen-bond donors (Lipinski definition) is 1. The zero-order chi connectivity index (χ0) is 23.8. The number of aryl methyl sites for hydroxylation is 1. The Morgan fingerprint density at radius 1 is 1.21 bits per heavy atom. The van der Waals surface area contributed by atoms with Crippen LogP contribution in [0, 0.1) is 0 Å². The number of pyridine rings is 2. The fourth-order valence-corrected chi connectivity index (χ4v) is 5.09. The van der Waals surface area contributed by atoms with Crippen molar-refractivity contribution in [2.75, 3.05) is 18.9 Å². The Kier molecular flexibility index (Phi) is 4.37. The van der Waals surface area contributed by atoms with Crippen molar-refractivity contribution < 1.29 is 22.7 Å². The number of fused-ring (bicyclic) bond motifs is 6. The molecular formula is C23H19F3N6O2. The zero-order valence-electron chi connectivity index (χ0n) is 18.0. The lowest BCUT2D eigenvalue weighted by atomic mass is 10.0. The molecular weight excluding hydrogens is 449 g/mol. The van der Waals surface area contributed by atoms with Crippen molar-refractivity contribution in [2.45, 2.75) is 24.7 Å². The summed E-state index contributed by atoms with van der Waals surface area (Å²) in [5.41, 5.74) is 8.05. The second kappa shape index (κ2) is 7.13.